The van der Waals surface area contributed by atoms with E-state index < -0.39 is 0 Å². The van der Waals surface area contributed by atoms with E-state index in [1.165, 1.54) is 0 Å². The van der Waals surface area contributed by atoms with Gasteiger partial charge in [0.1, 0.15) is 5.75 Å². The molecule has 0 heterocycles. The first-order chi connectivity index (χ1) is 11.4. The van der Waals surface area contributed by atoms with Crippen LogP contribution in [-0.4, -0.2) is 18.0 Å². The van der Waals surface area contributed by atoms with E-state index in [1.807, 2.05) is 32.9 Å². The van der Waals surface area contributed by atoms with Crippen molar-refractivity contribution >= 4 is 11.9 Å². The molecule has 0 amide bonds. The number of aryl methyl sites for hydroxylation is 1. The molecule has 0 fully saturated rings. The van der Waals surface area contributed by atoms with Gasteiger partial charge in [-0.25, -0.2) is 0 Å². The highest BCUT2D eigenvalue weighted by molar-refractivity contribution is 5.74. The second-order valence-electron chi connectivity index (χ2n) is 6.32. The van der Waals surface area contributed by atoms with Crippen LogP contribution < -0.4 is 4.74 Å². The molecule has 4 heteroatoms. The van der Waals surface area contributed by atoms with Crippen LogP contribution in [0.5, 0.6) is 5.75 Å². The summed E-state index contributed by atoms with van der Waals surface area (Å²) in [5.74, 6) is 0.0400. The highest BCUT2D eigenvalue weighted by Gasteiger charge is 2.12. The predicted molar refractivity (Wildman–Crippen MR) is 95.1 cm³/mol. The summed E-state index contributed by atoms with van der Waals surface area (Å²) in [7, 11) is 0. The molecule has 1 atom stereocenters. The maximum atomic E-state index is 11.9. The average Bonchev–Trinajstić information content (AvgIpc) is 2.52. The Hall–Kier alpha value is -1.84. The normalized spacial score (nSPS) is 11.8. The molecule has 0 bridgehead atoms. The van der Waals surface area contributed by atoms with E-state index in [1.54, 1.807) is 6.07 Å². The van der Waals surface area contributed by atoms with E-state index in [4.69, 9.17) is 9.47 Å². The first kappa shape index (κ1) is 20.2. The summed E-state index contributed by atoms with van der Waals surface area (Å²) in [6, 6.07) is 5.62. The number of ether oxygens (including phenoxy) is 2. The lowest BCUT2D eigenvalue weighted by molar-refractivity contribution is -0.148. The maximum absolute atomic E-state index is 11.9. The van der Waals surface area contributed by atoms with Crippen LogP contribution in [0, 0.1) is 13.8 Å². The van der Waals surface area contributed by atoms with Crippen LogP contribution >= 0.6 is 0 Å². The van der Waals surface area contributed by atoms with Crippen LogP contribution in [0.3, 0.4) is 0 Å². The highest BCUT2D eigenvalue weighted by Crippen LogP contribution is 2.21. The van der Waals surface area contributed by atoms with Crippen molar-refractivity contribution in [3.05, 3.63) is 29.3 Å². The molecule has 1 unspecified atom stereocenters. The maximum Gasteiger partial charge on any atom is 0.311 e. The molecule has 1 aromatic rings. The Kier molecular flexibility index (Phi) is 9.13. The number of carbonyl (C=O) groups excluding carboxylic acids is 2. The third-order valence-corrected chi connectivity index (χ3v) is 4.09. The zero-order chi connectivity index (χ0) is 17.9. The van der Waals surface area contributed by atoms with Crippen molar-refractivity contribution in [2.24, 2.45) is 0 Å². The number of benzene rings is 1. The molecule has 0 N–H and O–H groups in total. The van der Waals surface area contributed by atoms with Gasteiger partial charge in [0.25, 0.3) is 0 Å². The topological polar surface area (TPSA) is 52.6 Å². The molecule has 24 heavy (non-hydrogen) atoms. The van der Waals surface area contributed by atoms with Gasteiger partial charge in [-0.05, 0) is 57.2 Å². The van der Waals surface area contributed by atoms with Crippen LogP contribution in [0.15, 0.2) is 18.2 Å². The number of esters is 2. The lowest BCUT2D eigenvalue weighted by Gasteiger charge is -2.13. The minimum Gasteiger partial charge on any atom is -0.463 e. The molecule has 1 aromatic carbocycles. The molecular formula is C20H30O4. The molecule has 0 aliphatic heterocycles. The Morgan fingerprint density at radius 2 is 1.75 bits per heavy atom. The summed E-state index contributed by atoms with van der Waals surface area (Å²) >= 11 is 0. The zero-order valence-electron chi connectivity index (χ0n) is 15.4. The van der Waals surface area contributed by atoms with Gasteiger partial charge in [0.05, 0.1) is 6.10 Å². The fraction of sp³-hybridized carbons (Fsp3) is 0.600. The number of hydrogen-bond acceptors (Lipinski definition) is 4. The summed E-state index contributed by atoms with van der Waals surface area (Å²) in [6.45, 7) is 7.97. The van der Waals surface area contributed by atoms with E-state index in [9.17, 15) is 9.59 Å². The minimum absolute atomic E-state index is 0.0501. The van der Waals surface area contributed by atoms with Crippen LogP contribution in [-0.2, 0) is 14.3 Å². The van der Waals surface area contributed by atoms with E-state index >= 15 is 0 Å². The van der Waals surface area contributed by atoms with Gasteiger partial charge in [-0.15, -0.1) is 0 Å². The van der Waals surface area contributed by atoms with Gasteiger partial charge in [0, 0.05) is 12.8 Å². The van der Waals surface area contributed by atoms with Crippen molar-refractivity contribution in [1.82, 2.24) is 0 Å². The fourth-order valence-electron chi connectivity index (χ4n) is 2.41. The number of carbonyl (C=O) groups is 2. The summed E-state index contributed by atoms with van der Waals surface area (Å²) in [4.78, 5) is 23.6. The van der Waals surface area contributed by atoms with Gasteiger partial charge in [0.15, 0.2) is 0 Å². The Balaban J connectivity index is 2.25. The van der Waals surface area contributed by atoms with Crippen molar-refractivity contribution in [3.8, 4) is 5.75 Å². The van der Waals surface area contributed by atoms with Crippen LogP contribution in [0.1, 0.15) is 69.9 Å². The number of rotatable bonds is 10. The van der Waals surface area contributed by atoms with E-state index in [-0.39, 0.29) is 30.9 Å². The van der Waals surface area contributed by atoms with Crippen molar-refractivity contribution in [2.75, 3.05) is 0 Å². The summed E-state index contributed by atoms with van der Waals surface area (Å²) in [5, 5.41) is 0. The summed E-state index contributed by atoms with van der Waals surface area (Å²) < 4.78 is 10.7. The predicted octanol–water partition coefficient (Wildman–Crippen LogP) is 4.89. The van der Waals surface area contributed by atoms with Crippen molar-refractivity contribution in [1.29, 1.82) is 0 Å². The molecule has 0 aliphatic carbocycles. The Morgan fingerprint density at radius 1 is 1.04 bits per heavy atom. The number of unbranched alkanes of at least 4 members (excludes halogenated alkanes) is 2. The first-order valence-electron chi connectivity index (χ1n) is 8.90. The van der Waals surface area contributed by atoms with E-state index in [2.05, 4.69) is 6.92 Å². The quantitative estimate of drug-likeness (QED) is 0.347. The van der Waals surface area contributed by atoms with Crippen LogP contribution in [0.4, 0.5) is 0 Å². The second-order valence-corrected chi connectivity index (χ2v) is 6.32. The average molecular weight is 334 g/mol. The van der Waals surface area contributed by atoms with Crippen molar-refractivity contribution in [3.63, 3.8) is 0 Å². The summed E-state index contributed by atoms with van der Waals surface area (Å²) in [6.07, 6.45) is 5.15. The standard InChI is InChI=1S/C20H30O4/c1-5-6-7-11-16(3)23-19(21)13-9-14-20(22)24-18-12-8-10-15(2)17(18)4/h8,10,12,16H,5-7,9,11,13-14H2,1-4H3. The van der Waals surface area contributed by atoms with Gasteiger partial charge in [0.2, 0.25) is 0 Å². The summed E-state index contributed by atoms with van der Waals surface area (Å²) in [5.41, 5.74) is 2.05. The largest absolute Gasteiger partial charge is 0.463 e. The Labute approximate surface area is 145 Å². The first-order valence-corrected chi connectivity index (χ1v) is 8.90. The monoisotopic (exact) mass is 334 g/mol. The molecular weight excluding hydrogens is 304 g/mol. The van der Waals surface area contributed by atoms with E-state index in [0.717, 1.165) is 36.8 Å². The third-order valence-electron chi connectivity index (χ3n) is 4.09. The molecule has 134 valence electrons. The van der Waals surface area contributed by atoms with Crippen LogP contribution in [0.25, 0.3) is 0 Å². The molecule has 1 rings (SSSR count). The van der Waals surface area contributed by atoms with Gasteiger partial charge < -0.3 is 9.47 Å². The van der Waals surface area contributed by atoms with Crippen LogP contribution in [0.2, 0.25) is 0 Å². The molecule has 0 radical (unpaired) electrons. The lowest BCUT2D eigenvalue weighted by Crippen LogP contribution is -2.15. The highest BCUT2D eigenvalue weighted by atomic mass is 16.5. The SMILES string of the molecule is CCCCCC(C)OC(=O)CCCC(=O)Oc1cccc(C)c1C. The third kappa shape index (κ3) is 7.62. The van der Waals surface area contributed by atoms with Gasteiger partial charge >= 0.3 is 11.9 Å². The molecule has 4 nitrogen and oxygen atoms in total. The second kappa shape index (κ2) is 10.8. The van der Waals surface area contributed by atoms with Crippen molar-refractivity contribution in [2.45, 2.75) is 78.7 Å². The Bertz CT molecular complexity index is 536. The molecule has 0 spiro atoms. The zero-order valence-corrected chi connectivity index (χ0v) is 15.4. The number of hydrogen-bond donors (Lipinski definition) is 0. The van der Waals surface area contributed by atoms with Gasteiger partial charge in [-0.2, -0.15) is 0 Å². The Morgan fingerprint density at radius 3 is 2.46 bits per heavy atom. The van der Waals surface area contributed by atoms with Gasteiger partial charge in [-0.3, -0.25) is 9.59 Å². The lowest BCUT2D eigenvalue weighted by atomic mass is 10.1. The minimum atomic E-state index is -0.313. The molecule has 0 saturated carbocycles. The molecule has 0 saturated heterocycles. The van der Waals surface area contributed by atoms with Crippen molar-refractivity contribution < 1.29 is 19.1 Å². The molecule has 0 aromatic heterocycles. The smallest absolute Gasteiger partial charge is 0.311 e. The fourth-order valence-corrected chi connectivity index (χ4v) is 2.41. The molecule has 0 aliphatic rings. The van der Waals surface area contributed by atoms with Gasteiger partial charge in [-0.1, -0.05) is 31.9 Å². The van der Waals surface area contributed by atoms with E-state index in [0.29, 0.717) is 12.2 Å².